The molecule has 2 heterocycles. The first kappa shape index (κ1) is 10.7. The molecule has 0 N–H and O–H groups in total. The molecule has 16 heavy (non-hydrogen) atoms. The topological polar surface area (TPSA) is 30.7 Å². The lowest BCUT2D eigenvalue weighted by molar-refractivity contribution is 0.0529. The van der Waals surface area contributed by atoms with Crippen molar-refractivity contribution in [3.05, 3.63) is 41.2 Å². The minimum absolute atomic E-state index is 0.251. The van der Waals surface area contributed by atoms with Crippen LogP contribution in [-0.2, 0) is 4.74 Å². The smallest absolute Gasteiger partial charge is 0.340 e. The van der Waals surface area contributed by atoms with Crippen molar-refractivity contribution in [1.82, 2.24) is 4.40 Å². The van der Waals surface area contributed by atoms with Crippen LogP contribution in [0.4, 0.5) is 0 Å². The number of hydrogen-bond acceptors (Lipinski definition) is 2. The summed E-state index contributed by atoms with van der Waals surface area (Å²) in [6.07, 6.45) is 1.97. The van der Waals surface area contributed by atoms with E-state index in [9.17, 15) is 4.79 Å². The van der Waals surface area contributed by atoms with Crippen LogP contribution in [0.5, 0.6) is 0 Å². The summed E-state index contributed by atoms with van der Waals surface area (Å²) in [5.74, 6) is -0.251. The van der Waals surface area contributed by atoms with Crippen LogP contribution in [0.15, 0.2) is 24.4 Å². The van der Waals surface area contributed by atoms with Crippen molar-refractivity contribution in [2.24, 2.45) is 0 Å². The lowest BCUT2D eigenvalue weighted by atomic mass is 10.2. The van der Waals surface area contributed by atoms with E-state index in [1.165, 1.54) is 0 Å². The van der Waals surface area contributed by atoms with Crippen LogP contribution in [-0.4, -0.2) is 17.0 Å². The Labute approximate surface area is 94.6 Å². The third kappa shape index (κ3) is 1.69. The summed E-state index contributed by atoms with van der Waals surface area (Å²) >= 11 is 0. The molecule has 2 aromatic rings. The highest BCUT2D eigenvalue weighted by molar-refractivity contribution is 5.97. The van der Waals surface area contributed by atoms with E-state index in [4.69, 9.17) is 4.74 Å². The van der Waals surface area contributed by atoms with Crippen LogP contribution in [0, 0.1) is 13.8 Å². The number of esters is 1. The molecule has 0 amide bonds. The first-order valence-electron chi connectivity index (χ1n) is 5.39. The van der Waals surface area contributed by atoms with Crippen molar-refractivity contribution >= 4 is 11.5 Å². The lowest BCUT2D eigenvalue weighted by Crippen LogP contribution is -2.04. The van der Waals surface area contributed by atoms with E-state index in [2.05, 4.69) is 0 Å². The summed E-state index contributed by atoms with van der Waals surface area (Å²) in [6, 6.07) is 5.89. The van der Waals surface area contributed by atoms with Gasteiger partial charge in [0.2, 0.25) is 0 Å². The number of carbonyl (C=O) groups is 1. The third-order valence-electron chi connectivity index (χ3n) is 2.61. The summed E-state index contributed by atoms with van der Waals surface area (Å²) in [5.41, 5.74) is 3.73. The molecule has 3 heteroatoms. The van der Waals surface area contributed by atoms with E-state index in [0.717, 1.165) is 16.8 Å². The minimum atomic E-state index is -0.251. The molecule has 84 valence electrons. The van der Waals surface area contributed by atoms with Gasteiger partial charge in [0.1, 0.15) is 0 Å². The van der Waals surface area contributed by atoms with E-state index in [1.807, 2.05) is 49.6 Å². The Bertz CT molecular complexity index is 540. The van der Waals surface area contributed by atoms with Crippen molar-refractivity contribution in [1.29, 1.82) is 0 Å². The molecule has 0 unspecified atom stereocenters. The summed E-state index contributed by atoms with van der Waals surface area (Å²) in [7, 11) is 0. The fraction of sp³-hybridized carbons (Fsp3) is 0.308. The molecule has 0 radical (unpaired) electrons. The Hall–Kier alpha value is -1.77. The Morgan fingerprint density at radius 2 is 2.12 bits per heavy atom. The second kappa shape index (κ2) is 4.00. The van der Waals surface area contributed by atoms with Crippen molar-refractivity contribution in [3.8, 4) is 0 Å². The molecule has 3 nitrogen and oxygen atoms in total. The monoisotopic (exact) mass is 217 g/mol. The van der Waals surface area contributed by atoms with Crippen LogP contribution < -0.4 is 0 Å². The van der Waals surface area contributed by atoms with Crippen molar-refractivity contribution in [2.45, 2.75) is 20.8 Å². The lowest BCUT2D eigenvalue weighted by Gasteiger charge is -2.02. The predicted molar refractivity (Wildman–Crippen MR) is 62.8 cm³/mol. The zero-order valence-electron chi connectivity index (χ0n) is 9.78. The first-order valence-corrected chi connectivity index (χ1v) is 5.39. The number of nitrogens with zero attached hydrogens (tertiary/aromatic N) is 1. The first-order chi connectivity index (χ1) is 7.63. The van der Waals surface area contributed by atoms with Gasteiger partial charge in [-0.15, -0.1) is 0 Å². The van der Waals surface area contributed by atoms with Crippen LogP contribution in [0.3, 0.4) is 0 Å². The molecule has 0 fully saturated rings. The zero-order chi connectivity index (χ0) is 11.7. The number of rotatable bonds is 2. The SMILES string of the molecule is CCOC(=O)c1cc(C)n2ccc(C)cc12. The average Bonchev–Trinajstić information content (AvgIpc) is 2.56. The molecule has 2 rings (SSSR count). The van der Waals surface area contributed by atoms with Gasteiger partial charge < -0.3 is 9.14 Å². The fourth-order valence-electron chi connectivity index (χ4n) is 1.85. The van der Waals surface area contributed by atoms with E-state index in [1.54, 1.807) is 0 Å². The maximum Gasteiger partial charge on any atom is 0.340 e. The Kier molecular flexibility index (Phi) is 2.69. The van der Waals surface area contributed by atoms with Crippen molar-refractivity contribution in [2.75, 3.05) is 6.61 Å². The van der Waals surface area contributed by atoms with E-state index < -0.39 is 0 Å². The maximum atomic E-state index is 11.7. The third-order valence-corrected chi connectivity index (χ3v) is 2.61. The highest BCUT2D eigenvalue weighted by Crippen LogP contribution is 2.18. The van der Waals surface area contributed by atoms with Crippen molar-refractivity contribution in [3.63, 3.8) is 0 Å². The average molecular weight is 217 g/mol. The highest BCUT2D eigenvalue weighted by Gasteiger charge is 2.14. The number of carbonyl (C=O) groups excluding carboxylic acids is 1. The number of aryl methyl sites for hydroxylation is 2. The minimum Gasteiger partial charge on any atom is -0.462 e. The molecular weight excluding hydrogens is 202 g/mol. The van der Waals surface area contributed by atoms with Gasteiger partial charge in [0, 0.05) is 11.9 Å². The molecule has 0 atom stereocenters. The molecule has 0 bridgehead atoms. The van der Waals surface area contributed by atoms with Gasteiger partial charge in [-0.3, -0.25) is 0 Å². The molecule has 0 aromatic carbocycles. The van der Waals surface area contributed by atoms with Crippen LogP contribution >= 0.6 is 0 Å². The largest absolute Gasteiger partial charge is 0.462 e. The zero-order valence-corrected chi connectivity index (χ0v) is 9.78. The molecule has 0 aliphatic carbocycles. The van der Waals surface area contributed by atoms with Gasteiger partial charge in [0.25, 0.3) is 0 Å². The Morgan fingerprint density at radius 3 is 2.81 bits per heavy atom. The fourth-order valence-corrected chi connectivity index (χ4v) is 1.85. The molecule has 0 saturated heterocycles. The maximum absolute atomic E-state index is 11.7. The van der Waals surface area contributed by atoms with Crippen LogP contribution in [0.1, 0.15) is 28.5 Å². The number of ether oxygens (including phenoxy) is 1. The summed E-state index contributed by atoms with van der Waals surface area (Å²) in [5, 5.41) is 0. The van der Waals surface area contributed by atoms with Crippen molar-refractivity contribution < 1.29 is 9.53 Å². The summed E-state index contributed by atoms with van der Waals surface area (Å²) in [4.78, 5) is 11.7. The van der Waals surface area contributed by atoms with Gasteiger partial charge in [-0.2, -0.15) is 0 Å². The van der Waals surface area contributed by atoms with Crippen LogP contribution in [0.25, 0.3) is 5.52 Å². The molecule has 0 saturated carbocycles. The molecular formula is C13H15NO2. The Balaban J connectivity index is 2.61. The second-order valence-corrected chi connectivity index (χ2v) is 3.88. The standard InChI is InChI=1S/C13H15NO2/c1-4-16-13(15)11-8-10(3)14-6-5-9(2)7-12(11)14/h5-8H,4H2,1-3H3. The number of pyridine rings is 1. The van der Waals surface area contributed by atoms with Gasteiger partial charge in [-0.1, -0.05) is 0 Å². The van der Waals surface area contributed by atoms with Gasteiger partial charge in [0.15, 0.2) is 0 Å². The van der Waals surface area contributed by atoms with Crippen LogP contribution in [0.2, 0.25) is 0 Å². The summed E-state index contributed by atoms with van der Waals surface area (Å²) in [6.45, 7) is 6.21. The quantitative estimate of drug-likeness (QED) is 0.724. The molecule has 2 aromatic heterocycles. The molecule has 0 aliphatic heterocycles. The highest BCUT2D eigenvalue weighted by atomic mass is 16.5. The number of aromatic nitrogens is 1. The van der Waals surface area contributed by atoms with E-state index in [-0.39, 0.29) is 5.97 Å². The van der Waals surface area contributed by atoms with Gasteiger partial charge in [0.05, 0.1) is 17.7 Å². The second-order valence-electron chi connectivity index (χ2n) is 3.88. The Morgan fingerprint density at radius 1 is 1.38 bits per heavy atom. The van der Waals surface area contributed by atoms with Gasteiger partial charge in [-0.05, 0) is 44.5 Å². The van der Waals surface area contributed by atoms with Gasteiger partial charge >= 0.3 is 5.97 Å². The van der Waals surface area contributed by atoms with E-state index >= 15 is 0 Å². The van der Waals surface area contributed by atoms with Gasteiger partial charge in [-0.25, -0.2) is 4.79 Å². The number of fused-ring (bicyclic) bond motifs is 1. The summed E-state index contributed by atoms with van der Waals surface area (Å²) < 4.78 is 7.04. The molecule has 0 aliphatic rings. The normalized spacial score (nSPS) is 10.7. The predicted octanol–water partition coefficient (Wildman–Crippen LogP) is 2.73. The van der Waals surface area contributed by atoms with E-state index in [0.29, 0.717) is 12.2 Å². The number of hydrogen-bond donors (Lipinski definition) is 0. The molecule has 0 spiro atoms.